The Morgan fingerprint density at radius 2 is 1.88 bits per heavy atom. The molecule has 0 aliphatic rings. The first-order chi connectivity index (χ1) is 7.75. The molecule has 0 aliphatic carbocycles. The molecule has 0 saturated carbocycles. The maximum Gasteiger partial charge on any atom is 0.145 e. The highest BCUT2D eigenvalue weighted by atomic mass is 79.9. The van der Waals surface area contributed by atoms with Crippen LogP contribution in [0, 0.1) is 0 Å². The van der Waals surface area contributed by atoms with E-state index >= 15 is 0 Å². The fourth-order valence-electron chi connectivity index (χ4n) is 1.30. The molecule has 0 fully saturated rings. The van der Waals surface area contributed by atoms with Gasteiger partial charge in [-0.05, 0) is 33.6 Å². The summed E-state index contributed by atoms with van der Waals surface area (Å²) in [6.07, 6.45) is 0. The van der Waals surface area contributed by atoms with Crippen LogP contribution in [0.1, 0.15) is 5.56 Å². The zero-order valence-corrected chi connectivity index (χ0v) is 10.8. The lowest BCUT2D eigenvalue weighted by molar-refractivity contribution is 1.11. The largest absolute Gasteiger partial charge is 0.366 e. The van der Waals surface area contributed by atoms with Crippen LogP contribution < -0.4 is 5.32 Å². The third-order valence-electron chi connectivity index (χ3n) is 2.12. The van der Waals surface area contributed by atoms with E-state index in [0.717, 1.165) is 16.8 Å². The summed E-state index contributed by atoms with van der Waals surface area (Å²) >= 11 is 9.20. The molecule has 1 aromatic heterocycles. The molecular formula is C12H10BrClN2. The van der Waals surface area contributed by atoms with Crippen molar-refractivity contribution in [2.45, 2.75) is 6.54 Å². The van der Waals surface area contributed by atoms with Crippen molar-refractivity contribution in [2.75, 3.05) is 5.32 Å². The van der Waals surface area contributed by atoms with E-state index in [1.807, 2.05) is 30.3 Å². The first kappa shape index (κ1) is 11.4. The lowest BCUT2D eigenvalue weighted by Crippen LogP contribution is -2.01. The third-order valence-corrected chi connectivity index (χ3v) is 3.28. The zero-order valence-electron chi connectivity index (χ0n) is 8.45. The van der Waals surface area contributed by atoms with Crippen LogP contribution in [0.3, 0.4) is 0 Å². The van der Waals surface area contributed by atoms with Gasteiger partial charge in [-0.15, -0.1) is 0 Å². The Balaban J connectivity index is 2.03. The van der Waals surface area contributed by atoms with Crippen molar-refractivity contribution in [1.82, 2.24) is 4.98 Å². The fourth-order valence-corrected chi connectivity index (χ4v) is 1.68. The normalized spacial score (nSPS) is 10.1. The Morgan fingerprint density at radius 1 is 1.12 bits per heavy atom. The Hall–Kier alpha value is -1.06. The van der Waals surface area contributed by atoms with Crippen LogP contribution in [0.2, 0.25) is 5.15 Å². The van der Waals surface area contributed by atoms with Gasteiger partial charge in [-0.1, -0.05) is 41.9 Å². The summed E-state index contributed by atoms with van der Waals surface area (Å²) < 4.78 is 0.805. The molecule has 2 aromatic rings. The molecule has 2 nitrogen and oxygen atoms in total. The smallest absolute Gasteiger partial charge is 0.145 e. The number of benzene rings is 1. The number of nitrogens with one attached hydrogen (secondary N) is 1. The van der Waals surface area contributed by atoms with Crippen molar-refractivity contribution in [1.29, 1.82) is 0 Å². The average molecular weight is 298 g/mol. The maximum absolute atomic E-state index is 5.90. The lowest BCUT2D eigenvalue weighted by Gasteiger charge is -2.06. The van der Waals surface area contributed by atoms with E-state index in [0.29, 0.717) is 5.15 Å². The van der Waals surface area contributed by atoms with E-state index in [1.54, 1.807) is 0 Å². The van der Waals surface area contributed by atoms with Crippen LogP contribution in [0.15, 0.2) is 46.9 Å². The minimum Gasteiger partial charge on any atom is -0.366 e. The van der Waals surface area contributed by atoms with Crippen LogP contribution >= 0.6 is 27.5 Å². The number of hydrogen-bond acceptors (Lipinski definition) is 2. The predicted octanol–water partition coefficient (Wildman–Crippen LogP) is 4.11. The highest BCUT2D eigenvalue weighted by molar-refractivity contribution is 9.10. The summed E-state index contributed by atoms with van der Waals surface area (Å²) in [4.78, 5) is 4.20. The zero-order chi connectivity index (χ0) is 11.4. The van der Waals surface area contributed by atoms with Crippen molar-refractivity contribution in [3.05, 3.63) is 57.7 Å². The Bertz CT molecular complexity index is 474. The van der Waals surface area contributed by atoms with Gasteiger partial charge in [-0.25, -0.2) is 4.98 Å². The summed E-state index contributed by atoms with van der Waals surface area (Å²) in [6, 6.07) is 13.9. The van der Waals surface area contributed by atoms with Gasteiger partial charge in [0.05, 0.1) is 4.47 Å². The van der Waals surface area contributed by atoms with Gasteiger partial charge in [0, 0.05) is 6.54 Å². The van der Waals surface area contributed by atoms with E-state index in [9.17, 15) is 0 Å². The number of hydrogen-bond donors (Lipinski definition) is 1. The molecule has 82 valence electrons. The monoisotopic (exact) mass is 296 g/mol. The first-order valence-electron chi connectivity index (χ1n) is 4.85. The molecule has 1 N–H and O–H groups in total. The number of anilines is 1. The summed E-state index contributed by atoms with van der Waals surface area (Å²) in [5.41, 5.74) is 1.21. The van der Waals surface area contributed by atoms with Crippen molar-refractivity contribution < 1.29 is 0 Å². The summed E-state index contributed by atoms with van der Waals surface area (Å²) in [7, 11) is 0. The molecule has 2 rings (SSSR count). The van der Waals surface area contributed by atoms with Crippen LogP contribution in [0.4, 0.5) is 5.82 Å². The molecule has 0 amide bonds. The summed E-state index contributed by atoms with van der Waals surface area (Å²) in [6.45, 7) is 0.742. The second-order valence-corrected chi connectivity index (χ2v) is 4.52. The average Bonchev–Trinajstić information content (AvgIpc) is 2.32. The van der Waals surface area contributed by atoms with Gasteiger partial charge < -0.3 is 5.32 Å². The molecule has 0 aliphatic heterocycles. The van der Waals surface area contributed by atoms with Crippen molar-refractivity contribution in [3.63, 3.8) is 0 Å². The van der Waals surface area contributed by atoms with Gasteiger partial charge in [-0.3, -0.25) is 0 Å². The maximum atomic E-state index is 5.90. The molecular weight excluding hydrogens is 288 g/mol. The predicted molar refractivity (Wildman–Crippen MR) is 70.7 cm³/mol. The minimum absolute atomic E-state index is 0.470. The molecule has 1 aromatic carbocycles. The number of aromatic nitrogens is 1. The van der Waals surface area contributed by atoms with E-state index in [4.69, 9.17) is 11.6 Å². The second-order valence-electron chi connectivity index (χ2n) is 3.31. The molecule has 0 radical (unpaired) electrons. The van der Waals surface area contributed by atoms with E-state index in [2.05, 4.69) is 38.4 Å². The van der Waals surface area contributed by atoms with E-state index < -0.39 is 0 Å². The number of pyridine rings is 1. The number of halogens is 2. The lowest BCUT2D eigenvalue weighted by atomic mass is 10.2. The summed E-state index contributed by atoms with van der Waals surface area (Å²) in [5.74, 6) is 0.775. The quantitative estimate of drug-likeness (QED) is 0.862. The summed E-state index contributed by atoms with van der Waals surface area (Å²) in [5, 5.41) is 3.68. The van der Waals surface area contributed by atoms with Crippen LogP contribution in [-0.2, 0) is 6.54 Å². The van der Waals surface area contributed by atoms with Gasteiger partial charge >= 0.3 is 0 Å². The molecule has 16 heavy (non-hydrogen) atoms. The van der Waals surface area contributed by atoms with E-state index in [1.165, 1.54) is 5.56 Å². The molecule has 0 unspecified atom stereocenters. The highest BCUT2D eigenvalue weighted by Gasteiger charge is 2.00. The molecule has 0 saturated heterocycles. The topological polar surface area (TPSA) is 24.9 Å². The molecule has 4 heteroatoms. The van der Waals surface area contributed by atoms with Gasteiger partial charge in [0.25, 0.3) is 0 Å². The number of nitrogens with zero attached hydrogens (tertiary/aromatic N) is 1. The van der Waals surface area contributed by atoms with E-state index in [-0.39, 0.29) is 0 Å². The molecule has 0 spiro atoms. The van der Waals surface area contributed by atoms with Crippen LogP contribution in [0.5, 0.6) is 0 Å². The van der Waals surface area contributed by atoms with Gasteiger partial charge in [0.1, 0.15) is 11.0 Å². The van der Waals surface area contributed by atoms with Crippen molar-refractivity contribution >= 4 is 33.3 Å². The standard InChI is InChI=1S/C12H10BrClN2/c13-10-6-7-11(16-12(10)14)15-8-9-4-2-1-3-5-9/h1-7H,8H2,(H,15,16). The first-order valence-corrected chi connectivity index (χ1v) is 6.02. The fraction of sp³-hybridized carbons (Fsp3) is 0.0833. The van der Waals surface area contributed by atoms with Crippen molar-refractivity contribution in [3.8, 4) is 0 Å². The van der Waals surface area contributed by atoms with Crippen LogP contribution in [-0.4, -0.2) is 4.98 Å². The number of rotatable bonds is 3. The molecule has 0 atom stereocenters. The van der Waals surface area contributed by atoms with Gasteiger partial charge in [0.2, 0.25) is 0 Å². The molecule has 1 heterocycles. The minimum atomic E-state index is 0.470. The molecule has 0 bridgehead atoms. The van der Waals surface area contributed by atoms with Crippen molar-refractivity contribution in [2.24, 2.45) is 0 Å². The SMILES string of the molecule is Clc1nc(NCc2ccccc2)ccc1Br. The van der Waals surface area contributed by atoms with Gasteiger partial charge in [0.15, 0.2) is 0 Å². The van der Waals surface area contributed by atoms with Crippen LogP contribution in [0.25, 0.3) is 0 Å². The van der Waals surface area contributed by atoms with Gasteiger partial charge in [-0.2, -0.15) is 0 Å². The second kappa shape index (κ2) is 5.32. The Morgan fingerprint density at radius 3 is 2.56 bits per heavy atom. The third kappa shape index (κ3) is 2.97. The Labute approximate surface area is 108 Å². The highest BCUT2D eigenvalue weighted by Crippen LogP contribution is 2.21. The Kier molecular flexibility index (Phi) is 3.80.